The molecular formula is C28H37NO3. The first kappa shape index (κ1) is 23.9. The SMILES string of the molecule is C=C(C)c1ccc(C)cc1-c1c(O)cc(CCCCC)c(CNC(=O)C2CCCC2)c1O. The molecule has 0 aliphatic heterocycles. The van der Waals surface area contributed by atoms with Crippen molar-refractivity contribution in [3.05, 3.63) is 53.1 Å². The third kappa shape index (κ3) is 5.35. The van der Waals surface area contributed by atoms with Crippen molar-refractivity contribution in [2.45, 2.75) is 78.7 Å². The number of carbonyl (C=O) groups is 1. The molecule has 0 heterocycles. The van der Waals surface area contributed by atoms with Gasteiger partial charge in [0.1, 0.15) is 11.5 Å². The lowest BCUT2D eigenvalue weighted by molar-refractivity contribution is -0.124. The number of unbranched alkanes of at least 4 members (excludes halogenated alkanes) is 2. The number of rotatable bonds is 9. The van der Waals surface area contributed by atoms with E-state index in [0.717, 1.165) is 79.2 Å². The van der Waals surface area contributed by atoms with Crippen molar-refractivity contribution in [2.75, 3.05) is 0 Å². The van der Waals surface area contributed by atoms with Crippen molar-refractivity contribution in [3.63, 3.8) is 0 Å². The van der Waals surface area contributed by atoms with Gasteiger partial charge in [-0.2, -0.15) is 0 Å². The molecule has 0 saturated heterocycles. The molecule has 1 amide bonds. The molecule has 0 atom stereocenters. The van der Waals surface area contributed by atoms with Gasteiger partial charge in [0.05, 0.1) is 5.56 Å². The highest BCUT2D eigenvalue weighted by molar-refractivity contribution is 5.87. The van der Waals surface area contributed by atoms with E-state index >= 15 is 0 Å². The molecule has 2 aromatic rings. The van der Waals surface area contributed by atoms with E-state index in [1.165, 1.54) is 0 Å². The Bertz CT molecular complexity index is 987. The van der Waals surface area contributed by atoms with Crippen LogP contribution in [0.1, 0.15) is 81.0 Å². The molecule has 3 rings (SSSR count). The fourth-order valence-corrected chi connectivity index (χ4v) is 4.74. The number of hydrogen-bond donors (Lipinski definition) is 3. The van der Waals surface area contributed by atoms with Gasteiger partial charge in [-0.05, 0) is 62.3 Å². The normalized spacial score (nSPS) is 14.0. The summed E-state index contributed by atoms with van der Waals surface area (Å²) in [5, 5.41) is 25.4. The number of hydrogen-bond acceptors (Lipinski definition) is 3. The van der Waals surface area contributed by atoms with E-state index in [1.807, 2.05) is 32.0 Å². The van der Waals surface area contributed by atoms with Crippen LogP contribution in [0.2, 0.25) is 0 Å². The van der Waals surface area contributed by atoms with Gasteiger partial charge in [-0.3, -0.25) is 4.79 Å². The molecule has 4 heteroatoms. The smallest absolute Gasteiger partial charge is 0.223 e. The van der Waals surface area contributed by atoms with Crippen molar-refractivity contribution < 1.29 is 15.0 Å². The number of benzene rings is 2. The summed E-state index contributed by atoms with van der Waals surface area (Å²) in [6.07, 6.45) is 7.98. The quantitative estimate of drug-likeness (QED) is 0.386. The number of aryl methyl sites for hydroxylation is 2. The first-order chi connectivity index (χ1) is 15.3. The molecule has 1 aliphatic rings. The highest BCUT2D eigenvalue weighted by atomic mass is 16.3. The van der Waals surface area contributed by atoms with Crippen LogP contribution >= 0.6 is 0 Å². The Balaban J connectivity index is 2.04. The van der Waals surface area contributed by atoms with E-state index in [1.54, 1.807) is 6.07 Å². The number of nitrogens with one attached hydrogen (secondary N) is 1. The van der Waals surface area contributed by atoms with Crippen molar-refractivity contribution in [1.29, 1.82) is 0 Å². The van der Waals surface area contributed by atoms with E-state index in [0.29, 0.717) is 11.1 Å². The van der Waals surface area contributed by atoms with Crippen LogP contribution < -0.4 is 5.32 Å². The lowest BCUT2D eigenvalue weighted by Crippen LogP contribution is -2.29. The molecule has 0 aromatic heterocycles. The highest BCUT2D eigenvalue weighted by Crippen LogP contribution is 2.44. The predicted octanol–water partition coefficient (Wildman–Crippen LogP) is 6.65. The Hall–Kier alpha value is -2.75. The Kier molecular flexibility index (Phi) is 8.00. The van der Waals surface area contributed by atoms with E-state index in [-0.39, 0.29) is 29.9 Å². The fraction of sp³-hybridized carbons (Fsp3) is 0.464. The second kappa shape index (κ2) is 10.7. The number of amides is 1. The Morgan fingerprint density at radius 3 is 2.53 bits per heavy atom. The molecule has 0 radical (unpaired) electrons. The zero-order valence-corrected chi connectivity index (χ0v) is 19.8. The van der Waals surface area contributed by atoms with Gasteiger partial charge in [0.15, 0.2) is 0 Å². The minimum Gasteiger partial charge on any atom is -0.507 e. The maximum Gasteiger partial charge on any atom is 0.223 e. The predicted molar refractivity (Wildman–Crippen MR) is 132 cm³/mol. The maximum absolute atomic E-state index is 12.7. The van der Waals surface area contributed by atoms with Gasteiger partial charge in [-0.1, -0.05) is 68.5 Å². The van der Waals surface area contributed by atoms with E-state index < -0.39 is 0 Å². The minimum absolute atomic E-state index is 0.0521. The fourth-order valence-electron chi connectivity index (χ4n) is 4.74. The van der Waals surface area contributed by atoms with E-state index in [4.69, 9.17) is 0 Å². The second-order valence-electron chi connectivity index (χ2n) is 9.24. The molecule has 4 nitrogen and oxygen atoms in total. The van der Waals surface area contributed by atoms with Crippen molar-refractivity contribution in [1.82, 2.24) is 5.32 Å². The largest absolute Gasteiger partial charge is 0.507 e. The van der Waals surface area contributed by atoms with Crippen molar-refractivity contribution in [3.8, 4) is 22.6 Å². The molecule has 32 heavy (non-hydrogen) atoms. The van der Waals surface area contributed by atoms with Crippen LogP contribution in [0.15, 0.2) is 30.8 Å². The van der Waals surface area contributed by atoms with Crippen LogP contribution in [-0.2, 0) is 17.8 Å². The number of phenolic OH excluding ortho intramolecular Hbond substituents is 2. The van der Waals surface area contributed by atoms with Gasteiger partial charge >= 0.3 is 0 Å². The zero-order chi connectivity index (χ0) is 23.3. The van der Waals surface area contributed by atoms with Crippen LogP contribution in [0.5, 0.6) is 11.5 Å². The lowest BCUT2D eigenvalue weighted by Gasteiger charge is -2.20. The summed E-state index contributed by atoms with van der Waals surface area (Å²) in [6, 6.07) is 7.72. The molecule has 0 spiro atoms. The number of carbonyl (C=O) groups excluding carboxylic acids is 1. The lowest BCUT2D eigenvalue weighted by atomic mass is 9.89. The van der Waals surface area contributed by atoms with Crippen molar-refractivity contribution >= 4 is 11.5 Å². The van der Waals surface area contributed by atoms with Crippen LogP contribution in [0, 0.1) is 12.8 Å². The second-order valence-corrected chi connectivity index (χ2v) is 9.24. The standard InChI is InChI=1S/C28H37NO3/c1-5-6-7-12-21-16-25(30)26(23-15-19(4)13-14-22(23)18(2)3)27(31)24(21)17-29-28(32)20-10-8-9-11-20/h13-16,20,30-31H,2,5-12,17H2,1,3-4H3,(H,29,32). The Morgan fingerprint density at radius 1 is 1.16 bits per heavy atom. The average molecular weight is 436 g/mol. The molecule has 1 fully saturated rings. The number of allylic oxidation sites excluding steroid dienone is 1. The van der Waals surface area contributed by atoms with Crippen LogP contribution in [0.25, 0.3) is 16.7 Å². The summed E-state index contributed by atoms with van der Waals surface area (Å²) >= 11 is 0. The molecule has 0 unspecified atom stereocenters. The molecule has 1 saturated carbocycles. The molecule has 2 aromatic carbocycles. The third-order valence-corrected chi connectivity index (χ3v) is 6.60. The van der Waals surface area contributed by atoms with Crippen LogP contribution in [0.3, 0.4) is 0 Å². The number of phenols is 2. The van der Waals surface area contributed by atoms with E-state index in [9.17, 15) is 15.0 Å². The summed E-state index contributed by atoms with van der Waals surface area (Å²) in [5.41, 5.74) is 5.56. The summed E-state index contributed by atoms with van der Waals surface area (Å²) in [4.78, 5) is 12.7. The molecule has 172 valence electrons. The topological polar surface area (TPSA) is 69.6 Å². The summed E-state index contributed by atoms with van der Waals surface area (Å²) in [5.74, 6) is 0.252. The summed E-state index contributed by atoms with van der Waals surface area (Å²) < 4.78 is 0. The Labute approximate surface area is 192 Å². The first-order valence-corrected chi connectivity index (χ1v) is 11.9. The van der Waals surface area contributed by atoms with E-state index in [2.05, 4.69) is 18.8 Å². The minimum atomic E-state index is 0.0521. The van der Waals surface area contributed by atoms with Gasteiger partial charge < -0.3 is 15.5 Å². The molecule has 1 aliphatic carbocycles. The first-order valence-electron chi connectivity index (χ1n) is 11.9. The maximum atomic E-state index is 12.7. The van der Waals surface area contributed by atoms with Crippen LogP contribution in [-0.4, -0.2) is 16.1 Å². The molecule has 3 N–H and O–H groups in total. The van der Waals surface area contributed by atoms with Crippen LogP contribution in [0.4, 0.5) is 0 Å². The zero-order valence-electron chi connectivity index (χ0n) is 19.8. The summed E-state index contributed by atoms with van der Waals surface area (Å²) in [6.45, 7) is 10.4. The average Bonchev–Trinajstić information content (AvgIpc) is 3.28. The monoisotopic (exact) mass is 435 g/mol. The molecule has 0 bridgehead atoms. The van der Waals surface area contributed by atoms with Gasteiger partial charge in [-0.15, -0.1) is 0 Å². The van der Waals surface area contributed by atoms with Gasteiger partial charge in [0.2, 0.25) is 5.91 Å². The Morgan fingerprint density at radius 2 is 1.88 bits per heavy atom. The van der Waals surface area contributed by atoms with Gasteiger partial charge in [0, 0.05) is 18.0 Å². The van der Waals surface area contributed by atoms with Crippen molar-refractivity contribution in [2.24, 2.45) is 5.92 Å². The third-order valence-electron chi connectivity index (χ3n) is 6.60. The number of aromatic hydroxyl groups is 2. The van der Waals surface area contributed by atoms with Gasteiger partial charge in [-0.25, -0.2) is 0 Å². The molecular weight excluding hydrogens is 398 g/mol. The highest BCUT2D eigenvalue weighted by Gasteiger charge is 2.25. The van der Waals surface area contributed by atoms with Gasteiger partial charge in [0.25, 0.3) is 0 Å². The summed E-state index contributed by atoms with van der Waals surface area (Å²) in [7, 11) is 0.